The average molecular weight is 369 g/mol. The van der Waals surface area contributed by atoms with Gasteiger partial charge in [0.25, 0.3) is 0 Å². The Kier molecular flexibility index (Phi) is 5.99. The lowest BCUT2D eigenvalue weighted by atomic mass is 10.0. The smallest absolute Gasteiger partial charge is 0.356 e. The van der Waals surface area contributed by atoms with Gasteiger partial charge in [0.15, 0.2) is 10.9 Å². The van der Waals surface area contributed by atoms with Crippen LogP contribution in [0.3, 0.4) is 0 Å². The van der Waals surface area contributed by atoms with Crippen LogP contribution in [0.25, 0.3) is 10.8 Å². The minimum atomic E-state index is -0.305. The van der Waals surface area contributed by atoms with Gasteiger partial charge in [-0.15, -0.1) is 0 Å². The maximum absolute atomic E-state index is 12.5. The van der Waals surface area contributed by atoms with E-state index in [1.807, 2.05) is 30.5 Å². The molecule has 0 aliphatic carbocycles. The Labute approximate surface area is 158 Å². The highest BCUT2D eigenvalue weighted by Gasteiger charge is 2.22. The van der Waals surface area contributed by atoms with Gasteiger partial charge in [-0.2, -0.15) is 0 Å². The zero-order valence-corrected chi connectivity index (χ0v) is 16.3. The van der Waals surface area contributed by atoms with Gasteiger partial charge < -0.3 is 9.30 Å². The number of nitrogens with zero attached hydrogens (tertiary/aromatic N) is 2. The number of aromatic nitrogens is 2. The van der Waals surface area contributed by atoms with Crippen molar-refractivity contribution in [2.75, 3.05) is 12.4 Å². The summed E-state index contributed by atoms with van der Waals surface area (Å²) in [5.74, 6) is 0.662. The average Bonchev–Trinajstić information content (AvgIpc) is 2.95. The molecule has 0 atom stereocenters. The first-order valence-electron chi connectivity index (χ1n) is 8.99. The third-order valence-electron chi connectivity index (χ3n) is 4.22. The molecule has 26 heavy (non-hydrogen) atoms. The predicted molar refractivity (Wildman–Crippen MR) is 107 cm³/mol. The number of thioether (sulfide) groups is 1. The minimum Gasteiger partial charge on any atom is -0.461 e. The first-order valence-corrected chi connectivity index (χ1v) is 9.98. The molecule has 0 spiro atoms. The van der Waals surface area contributed by atoms with Crippen molar-refractivity contribution in [3.05, 3.63) is 59.4 Å². The molecule has 3 aromatic rings. The molecular weight excluding hydrogens is 344 g/mol. The summed E-state index contributed by atoms with van der Waals surface area (Å²) >= 11 is 1.69. The molecule has 5 heteroatoms. The SMILES string of the molecule is CCCSc1nc(C)c(C(=O)OCC)n1Cc1cccc2ccccc12. The number of carbonyl (C=O) groups excluding carboxylic acids is 1. The van der Waals surface area contributed by atoms with Crippen molar-refractivity contribution in [3.63, 3.8) is 0 Å². The Balaban J connectivity index is 2.07. The standard InChI is InChI=1S/C21H24N2O2S/c1-4-13-26-21-22-15(3)19(20(24)25-5-2)23(21)14-17-11-8-10-16-9-6-7-12-18(16)17/h6-12H,4-5,13-14H2,1-3H3. The van der Waals surface area contributed by atoms with Crippen LogP contribution in [0.4, 0.5) is 0 Å². The first-order chi connectivity index (χ1) is 12.7. The van der Waals surface area contributed by atoms with Crippen molar-refractivity contribution in [3.8, 4) is 0 Å². The highest BCUT2D eigenvalue weighted by molar-refractivity contribution is 7.99. The van der Waals surface area contributed by atoms with E-state index in [4.69, 9.17) is 4.74 Å². The number of aryl methyl sites for hydroxylation is 1. The number of benzene rings is 2. The molecule has 0 saturated heterocycles. The fourth-order valence-corrected chi connectivity index (χ4v) is 3.96. The van der Waals surface area contributed by atoms with Crippen molar-refractivity contribution < 1.29 is 9.53 Å². The molecule has 1 heterocycles. The summed E-state index contributed by atoms with van der Waals surface area (Å²) in [6.45, 7) is 6.80. The van der Waals surface area contributed by atoms with Crippen LogP contribution in [0.15, 0.2) is 47.6 Å². The van der Waals surface area contributed by atoms with Crippen LogP contribution in [-0.4, -0.2) is 27.9 Å². The van der Waals surface area contributed by atoms with Crippen LogP contribution in [0.1, 0.15) is 42.0 Å². The molecule has 136 valence electrons. The van der Waals surface area contributed by atoms with Crippen molar-refractivity contribution >= 4 is 28.5 Å². The molecule has 0 N–H and O–H groups in total. The van der Waals surface area contributed by atoms with Gasteiger partial charge in [-0.05, 0) is 36.6 Å². The molecule has 0 fully saturated rings. The predicted octanol–water partition coefficient (Wildman–Crippen LogP) is 5.07. The van der Waals surface area contributed by atoms with Crippen LogP contribution < -0.4 is 0 Å². The summed E-state index contributed by atoms with van der Waals surface area (Å²) in [5, 5.41) is 3.27. The molecule has 4 nitrogen and oxygen atoms in total. The monoisotopic (exact) mass is 368 g/mol. The number of esters is 1. The summed E-state index contributed by atoms with van der Waals surface area (Å²) in [6.07, 6.45) is 1.06. The fraction of sp³-hybridized carbons (Fsp3) is 0.333. The number of hydrogen-bond donors (Lipinski definition) is 0. The maximum Gasteiger partial charge on any atom is 0.356 e. The molecule has 0 saturated carbocycles. The van der Waals surface area contributed by atoms with Gasteiger partial charge in [0.05, 0.1) is 18.8 Å². The lowest BCUT2D eigenvalue weighted by molar-refractivity contribution is 0.0512. The van der Waals surface area contributed by atoms with Crippen molar-refractivity contribution in [1.29, 1.82) is 0 Å². The third kappa shape index (κ3) is 3.78. The third-order valence-corrected chi connectivity index (χ3v) is 5.40. The number of rotatable bonds is 7. The summed E-state index contributed by atoms with van der Waals surface area (Å²) < 4.78 is 7.29. The lowest BCUT2D eigenvalue weighted by Gasteiger charge is -2.13. The van der Waals surface area contributed by atoms with Crippen LogP contribution in [0, 0.1) is 6.92 Å². The Bertz CT molecular complexity index is 912. The molecule has 0 aliphatic rings. The number of ether oxygens (including phenoxy) is 1. The van der Waals surface area contributed by atoms with Gasteiger partial charge in [-0.25, -0.2) is 9.78 Å². The van der Waals surface area contributed by atoms with Crippen LogP contribution in [0.5, 0.6) is 0 Å². The van der Waals surface area contributed by atoms with Gasteiger partial charge in [0.2, 0.25) is 0 Å². The Morgan fingerprint density at radius 2 is 1.92 bits per heavy atom. The highest BCUT2D eigenvalue weighted by atomic mass is 32.2. The van der Waals surface area contributed by atoms with E-state index in [0.717, 1.165) is 23.0 Å². The Morgan fingerprint density at radius 3 is 2.69 bits per heavy atom. The van der Waals surface area contributed by atoms with Crippen molar-refractivity contribution in [1.82, 2.24) is 9.55 Å². The fourth-order valence-electron chi connectivity index (χ4n) is 3.06. The molecule has 0 bridgehead atoms. The zero-order valence-electron chi connectivity index (χ0n) is 15.5. The second-order valence-electron chi connectivity index (χ2n) is 6.12. The molecule has 0 amide bonds. The van der Waals surface area contributed by atoms with Gasteiger partial charge >= 0.3 is 5.97 Å². The molecule has 3 rings (SSSR count). The van der Waals surface area contributed by atoms with E-state index in [1.54, 1.807) is 11.8 Å². The second-order valence-corrected chi connectivity index (χ2v) is 7.18. The Morgan fingerprint density at radius 1 is 1.15 bits per heavy atom. The number of hydrogen-bond acceptors (Lipinski definition) is 4. The van der Waals surface area contributed by atoms with E-state index in [9.17, 15) is 4.79 Å². The molecule has 1 aromatic heterocycles. The van der Waals surface area contributed by atoms with Crippen LogP contribution >= 0.6 is 11.8 Å². The van der Waals surface area contributed by atoms with E-state index < -0.39 is 0 Å². The van der Waals surface area contributed by atoms with Crippen molar-refractivity contribution in [2.24, 2.45) is 0 Å². The van der Waals surface area contributed by atoms with Crippen molar-refractivity contribution in [2.45, 2.75) is 38.9 Å². The largest absolute Gasteiger partial charge is 0.461 e. The molecule has 0 unspecified atom stereocenters. The summed E-state index contributed by atoms with van der Waals surface area (Å²) in [7, 11) is 0. The number of imidazole rings is 1. The molecule has 2 aromatic carbocycles. The minimum absolute atomic E-state index is 0.305. The van der Waals surface area contributed by atoms with Gasteiger partial charge in [-0.1, -0.05) is 61.2 Å². The topological polar surface area (TPSA) is 44.1 Å². The first kappa shape index (κ1) is 18.5. The number of fused-ring (bicyclic) bond motifs is 1. The van der Waals surface area contributed by atoms with Gasteiger partial charge in [0, 0.05) is 5.75 Å². The maximum atomic E-state index is 12.5. The van der Waals surface area contributed by atoms with Crippen LogP contribution in [0.2, 0.25) is 0 Å². The van der Waals surface area contributed by atoms with E-state index in [-0.39, 0.29) is 5.97 Å². The summed E-state index contributed by atoms with van der Waals surface area (Å²) in [5.41, 5.74) is 2.45. The number of carbonyl (C=O) groups is 1. The quantitative estimate of drug-likeness (QED) is 0.431. The molecular formula is C21H24N2O2S. The van der Waals surface area contributed by atoms with E-state index in [2.05, 4.69) is 42.2 Å². The van der Waals surface area contributed by atoms with E-state index in [1.165, 1.54) is 16.3 Å². The highest BCUT2D eigenvalue weighted by Crippen LogP contribution is 2.26. The van der Waals surface area contributed by atoms with E-state index >= 15 is 0 Å². The van der Waals surface area contributed by atoms with Crippen LogP contribution in [-0.2, 0) is 11.3 Å². The summed E-state index contributed by atoms with van der Waals surface area (Å²) in [4.78, 5) is 17.2. The molecule has 0 aliphatic heterocycles. The zero-order chi connectivity index (χ0) is 18.5. The summed E-state index contributed by atoms with van der Waals surface area (Å²) in [6, 6.07) is 14.6. The normalized spacial score (nSPS) is 11.0. The van der Waals surface area contributed by atoms with Gasteiger partial charge in [-0.3, -0.25) is 0 Å². The lowest BCUT2D eigenvalue weighted by Crippen LogP contribution is -2.15. The second kappa shape index (κ2) is 8.41. The molecule has 0 radical (unpaired) electrons. The van der Waals surface area contributed by atoms with E-state index in [0.29, 0.717) is 18.8 Å². The van der Waals surface area contributed by atoms with Gasteiger partial charge in [0.1, 0.15) is 0 Å². The Hall–Kier alpha value is -2.27.